The lowest BCUT2D eigenvalue weighted by Crippen LogP contribution is -2.44. The lowest BCUT2D eigenvalue weighted by Gasteiger charge is -2.16. The lowest BCUT2D eigenvalue weighted by molar-refractivity contribution is -0.123. The second-order valence-corrected chi connectivity index (χ2v) is 10.3. The van der Waals surface area contributed by atoms with Gasteiger partial charge in [0, 0.05) is 28.2 Å². The Morgan fingerprint density at radius 2 is 1.89 bits per heavy atom. The van der Waals surface area contributed by atoms with E-state index < -0.39 is 11.8 Å². The SMILES string of the molecule is Cc1ccc(C(=O)NN2C(=O)/C(=C/c3cn(Cc4ccccc4F)c4ccccc34)SC2=S)c(Cl)c1. The molecule has 0 aliphatic carbocycles. The van der Waals surface area contributed by atoms with Gasteiger partial charge in [-0.15, -0.1) is 0 Å². The maximum absolute atomic E-state index is 14.3. The molecular weight excluding hydrogens is 517 g/mol. The maximum atomic E-state index is 14.3. The number of carbonyl (C=O) groups excluding carboxylic acids is 2. The Morgan fingerprint density at radius 3 is 2.67 bits per heavy atom. The van der Waals surface area contributed by atoms with Gasteiger partial charge in [-0.3, -0.25) is 15.0 Å². The number of nitrogens with zero attached hydrogens (tertiary/aromatic N) is 2. The Morgan fingerprint density at radius 1 is 1.14 bits per heavy atom. The van der Waals surface area contributed by atoms with Gasteiger partial charge in [0.2, 0.25) is 0 Å². The molecule has 2 heterocycles. The molecule has 0 spiro atoms. The molecule has 1 aliphatic heterocycles. The van der Waals surface area contributed by atoms with Crippen LogP contribution in [0, 0.1) is 12.7 Å². The first-order chi connectivity index (χ1) is 17.3. The minimum Gasteiger partial charge on any atom is -0.342 e. The second-order valence-electron chi connectivity index (χ2n) is 8.26. The molecule has 0 unspecified atom stereocenters. The molecule has 0 atom stereocenters. The van der Waals surface area contributed by atoms with E-state index in [1.54, 1.807) is 42.5 Å². The molecule has 0 radical (unpaired) electrons. The van der Waals surface area contributed by atoms with Crippen molar-refractivity contribution in [3.05, 3.63) is 111 Å². The molecule has 180 valence electrons. The molecule has 0 bridgehead atoms. The molecule has 1 N–H and O–H groups in total. The number of para-hydroxylation sites is 1. The van der Waals surface area contributed by atoms with Crippen molar-refractivity contribution < 1.29 is 14.0 Å². The molecule has 0 saturated carbocycles. The van der Waals surface area contributed by atoms with E-state index in [9.17, 15) is 14.0 Å². The summed E-state index contributed by atoms with van der Waals surface area (Å²) >= 11 is 12.7. The summed E-state index contributed by atoms with van der Waals surface area (Å²) in [5, 5.41) is 2.26. The number of hydrazine groups is 1. The molecule has 5 rings (SSSR count). The van der Waals surface area contributed by atoms with Gasteiger partial charge in [0.05, 0.1) is 22.0 Å². The molecule has 1 fully saturated rings. The quantitative estimate of drug-likeness (QED) is 0.239. The topological polar surface area (TPSA) is 54.3 Å². The second kappa shape index (κ2) is 9.89. The number of fused-ring (bicyclic) bond motifs is 1. The van der Waals surface area contributed by atoms with E-state index >= 15 is 0 Å². The van der Waals surface area contributed by atoms with Gasteiger partial charge in [-0.1, -0.05) is 65.8 Å². The third kappa shape index (κ3) is 4.67. The molecular formula is C27H19ClFN3O2S2. The first kappa shape index (κ1) is 24.2. The van der Waals surface area contributed by atoms with Gasteiger partial charge in [0.25, 0.3) is 11.8 Å². The predicted molar refractivity (Wildman–Crippen MR) is 146 cm³/mol. The standard InChI is InChI=1S/C27H19ClFN3O2S2/c1-16-10-11-20(21(28)12-16)25(33)30-32-26(34)24(36-27(32)35)13-18-15-31(23-9-5-3-7-19(18)23)14-17-6-2-4-8-22(17)29/h2-13,15H,14H2,1H3,(H,30,33)/b24-13-. The van der Waals surface area contributed by atoms with Gasteiger partial charge in [0.15, 0.2) is 4.32 Å². The average Bonchev–Trinajstić information content (AvgIpc) is 3.32. The van der Waals surface area contributed by atoms with E-state index in [-0.39, 0.29) is 20.7 Å². The first-order valence-electron chi connectivity index (χ1n) is 11.0. The van der Waals surface area contributed by atoms with E-state index in [2.05, 4.69) is 5.43 Å². The fraction of sp³-hybridized carbons (Fsp3) is 0.0741. The van der Waals surface area contributed by atoms with Gasteiger partial charge in [-0.2, -0.15) is 5.01 Å². The van der Waals surface area contributed by atoms with E-state index in [1.165, 1.54) is 6.07 Å². The largest absolute Gasteiger partial charge is 0.342 e. The summed E-state index contributed by atoms with van der Waals surface area (Å²) in [5.74, 6) is -1.24. The van der Waals surface area contributed by atoms with Crippen LogP contribution >= 0.6 is 35.6 Å². The van der Waals surface area contributed by atoms with E-state index in [1.807, 2.05) is 42.0 Å². The van der Waals surface area contributed by atoms with Crippen molar-refractivity contribution in [3.8, 4) is 0 Å². The van der Waals surface area contributed by atoms with Gasteiger partial charge in [-0.05, 0) is 55.0 Å². The van der Waals surface area contributed by atoms with Crippen LogP contribution in [0.2, 0.25) is 5.02 Å². The highest BCUT2D eigenvalue weighted by Crippen LogP contribution is 2.34. The number of amides is 2. The van der Waals surface area contributed by atoms with Gasteiger partial charge < -0.3 is 4.57 Å². The van der Waals surface area contributed by atoms with E-state index in [0.717, 1.165) is 38.8 Å². The van der Waals surface area contributed by atoms with Gasteiger partial charge in [-0.25, -0.2) is 4.39 Å². The zero-order chi connectivity index (χ0) is 25.4. The predicted octanol–water partition coefficient (Wildman–Crippen LogP) is 6.34. The summed E-state index contributed by atoms with van der Waals surface area (Å²) in [5.41, 5.74) is 5.98. The van der Waals surface area contributed by atoms with Crippen LogP contribution in [0.1, 0.15) is 27.0 Å². The number of thioether (sulfide) groups is 1. The number of nitrogens with one attached hydrogen (secondary N) is 1. The minimum atomic E-state index is -0.529. The summed E-state index contributed by atoms with van der Waals surface area (Å²) in [6.07, 6.45) is 3.62. The van der Waals surface area contributed by atoms with Crippen LogP contribution in [0.4, 0.5) is 4.39 Å². The number of halogens is 2. The van der Waals surface area contributed by atoms with E-state index in [4.69, 9.17) is 23.8 Å². The molecule has 2 amide bonds. The number of hydrogen-bond donors (Lipinski definition) is 1. The summed E-state index contributed by atoms with van der Waals surface area (Å²) in [4.78, 5) is 26.3. The van der Waals surface area contributed by atoms with Gasteiger partial charge >= 0.3 is 0 Å². The molecule has 1 aromatic heterocycles. The number of benzene rings is 3. The molecule has 5 nitrogen and oxygen atoms in total. The van der Waals surface area contributed by atoms with Gasteiger partial charge in [0.1, 0.15) is 5.82 Å². The Balaban J connectivity index is 1.43. The smallest absolute Gasteiger partial charge is 0.285 e. The maximum Gasteiger partial charge on any atom is 0.285 e. The van der Waals surface area contributed by atoms with Crippen molar-refractivity contribution in [3.63, 3.8) is 0 Å². The number of aromatic nitrogens is 1. The molecule has 3 aromatic carbocycles. The van der Waals surface area contributed by atoms with Crippen molar-refractivity contribution in [2.45, 2.75) is 13.5 Å². The highest BCUT2D eigenvalue weighted by Gasteiger charge is 2.34. The fourth-order valence-electron chi connectivity index (χ4n) is 4.00. The number of hydrogen-bond acceptors (Lipinski definition) is 4. The summed E-state index contributed by atoms with van der Waals surface area (Å²) in [6.45, 7) is 2.21. The molecule has 1 aliphatic rings. The van der Waals surface area contributed by atoms with Crippen molar-refractivity contribution in [2.75, 3.05) is 0 Å². The van der Waals surface area contributed by atoms with Crippen LogP contribution in [-0.2, 0) is 11.3 Å². The number of carbonyl (C=O) groups is 2. The lowest BCUT2D eigenvalue weighted by atomic mass is 10.1. The third-order valence-electron chi connectivity index (χ3n) is 5.78. The number of aryl methyl sites for hydroxylation is 1. The Bertz CT molecular complexity index is 1580. The number of thiocarbonyl (C=S) groups is 1. The van der Waals surface area contributed by atoms with Crippen LogP contribution in [0.3, 0.4) is 0 Å². The molecule has 4 aromatic rings. The highest BCUT2D eigenvalue weighted by atomic mass is 35.5. The Kier molecular flexibility index (Phi) is 6.66. The Hall–Kier alpha value is -3.46. The number of rotatable bonds is 5. The normalized spacial score (nSPS) is 14.8. The zero-order valence-electron chi connectivity index (χ0n) is 19.0. The van der Waals surface area contributed by atoms with Crippen LogP contribution in [0.5, 0.6) is 0 Å². The monoisotopic (exact) mass is 535 g/mol. The van der Waals surface area contributed by atoms with Crippen LogP contribution in [0.25, 0.3) is 17.0 Å². The summed E-state index contributed by atoms with van der Waals surface area (Å²) < 4.78 is 16.4. The van der Waals surface area contributed by atoms with Crippen molar-refractivity contribution >= 4 is 68.7 Å². The molecule has 9 heteroatoms. The van der Waals surface area contributed by atoms with Crippen LogP contribution in [0.15, 0.2) is 77.8 Å². The van der Waals surface area contributed by atoms with Crippen molar-refractivity contribution in [2.24, 2.45) is 0 Å². The first-order valence-corrected chi connectivity index (χ1v) is 12.6. The third-order valence-corrected chi connectivity index (χ3v) is 7.40. The Labute approximate surface area is 221 Å². The minimum absolute atomic E-state index is 0.206. The zero-order valence-corrected chi connectivity index (χ0v) is 21.4. The van der Waals surface area contributed by atoms with Crippen molar-refractivity contribution in [1.29, 1.82) is 0 Å². The van der Waals surface area contributed by atoms with E-state index in [0.29, 0.717) is 17.0 Å². The summed E-state index contributed by atoms with van der Waals surface area (Å²) in [6, 6.07) is 19.4. The summed E-state index contributed by atoms with van der Waals surface area (Å²) in [7, 11) is 0. The van der Waals surface area contributed by atoms with Crippen LogP contribution in [-0.4, -0.2) is 25.7 Å². The highest BCUT2D eigenvalue weighted by molar-refractivity contribution is 8.26. The molecule has 36 heavy (non-hydrogen) atoms. The average molecular weight is 536 g/mol. The fourth-order valence-corrected chi connectivity index (χ4v) is 5.49. The van der Waals surface area contributed by atoms with Crippen LogP contribution < -0.4 is 5.43 Å². The molecule has 1 saturated heterocycles. The van der Waals surface area contributed by atoms with Crippen molar-refractivity contribution in [1.82, 2.24) is 15.0 Å².